The van der Waals surface area contributed by atoms with Gasteiger partial charge in [-0.1, -0.05) is 0 Å². The predicted molar refractivity (Wildman–Crippen MR) is 418 cm³/mol. The topological polar surface area (TPSA) is 545 Å². The van der Waals surface area contributed by atoms with E-state index in [1.165, 1.54) is 147 Å². The number of quaternary nitrogens is 1. The van der Waals surface area contributed by atoms with Gasteiger partial charge in [0.2, 0.25) is 18.3 Å². The Morgan fingerprint density at radius 3 is 0.891 bits per heavy atom. The molecule has 0 radical (unpaired) electrons. The zero-order valence-electron chi connectivity index (χ0n) is 66.6. The normalized spacial score (nSPS) is 13.1. The van der Waals surface area contributed by atoms with Crippen LogP contribution >= 0.6 is 0 Å². The van der Waals surface area contributed by atoms with Crippen molar-refractivity contribution in [3.05, 3.63) is 219 Å². The average molecular weight is 1650 g/mol. The second kappa shape index (κ2) is 42.6. The van der Waals surface area contributed by atoms with Crippen molar-refractivity contribution in [2.45, 2.75) is 81.1 Å². The third-order valence-electron chi connectivity index (χ3n) is 17.7. The van der Waals surface area contributed by atoms with Crippen LogP contribution in [-0.4, -0.2) is 213 Å². The Hall–Kier alpha value is -14.8. The number of aromatic amines is 3. The standard InChI is InChI=1S/2C20H18O10.C14H16N2O5.2C14H18N2O3/c2*1-27-13-7-3-11(4-8-13)19(25)29-15(17(21)22)16(18(23)24)30-20(26)12-5-9-14(28-2)10-6-12;1-14(16(18)19,13(17)21-3)7-9-8-15-12-5-4-10(20-2)6-11(9)12;2*1-14(15,13(17)19-3)7-9-8-16-12-5-4-10(18-2)6-11(9)12/h2*3-10,15-16H,1-2H3,(H,21,22)(H,23,24);4-6,8,15H,7H2,1-3H3;2*4-6,8,16H,7,15H2,1-3H3/t2*15-,16-;;14-;/m00.0./s1. The summed E-state index contributed by atoms with van der Waals surface area (Å²) in [6.45, 7) is 4.70. The maximum atomic E-state index is 12.2. The number of nitrogens with two attached hydrogens (primary N) is 1. The number of methoxy groups -OCH3 is 10. The van der Waals surface area contributed by atoms with Crippen molar-refractivity contribution < 1.29 is 150 Å². The molecule has 0 aliphatic carbocycles. The van der Waals surface area contributed by atoms with Gasteiger partial charge in [0.05, 0.1) is 106 Å². The first kappa shape index (κ1) is 93.1. The molecule has 0 aliphatic heterocycles. The second-order valence-corrected chi connectivity index (χ2v) is 26.2. The number of nitrogens with zero attached hydrogens (tertiary/aromatic N) is 1. The van der Waals surface area contributed by atoms with Crippen LogP contribution in [0.1, 0.15) is 78.9 Å². The fraction of sp³-hybridized carbons (Fsp3) is 0.280. The van der Waals surface area contributed by atoms with Gasteiger partial charge >= 0.3 is 65.2 Å². The number of rotatable bonds is 31. The number of hydrogen-bond acceptors (Lipinski definition) is 29. The molecule has 119 heavy (non-hydrogen) atoms. The van der Waals surface area contributed by atoms with Gasteiger partial charge in [-0.25, -0.2) is 43.2 Å². The first-order chi connectivity index (χ1) is 56.4. The minimum atomic E-state index is -2.39. The number of nitrogens with one attached hydrogen (secondary N) is 3. The van der Waals surface area contributed by atoms with E-state index in [0.717, 1.165) is 62.4 Å². The minimum absolute atomic E-state index is 0.0485. The Labute approximate surface area is 678 Å². The molecule has 0 bridgehead atoms. The van der Waals surface area contributed by atoms with Crippen molar-refractivity contribution in [3.63, 3.8) is 0 Å². The predicted octanol–water partition coefficient (Wildman–Crippen LogP) is 6.34. The van der Waals surface area contributed by atoms with Crippen molar-refractivity contribution in [1.82, 2.24) is 15.0 Å². The summed E-state index contributed by atoms with van der Waals surface area (Å²) in [7, 11) is 14.3. The minimum Gasteiger partial charge on any atom is -0.546 e. The third-order valence-corrected chi connectivity index (χ3v) is 17.7. The fourth-order valence-electron chi connectivity index (χ4n) is 11.1. The van der Waals surface area contributed by atoms with Gasteiger partial charge in [-0.15, -0.1) is 0 Å². The lowest BCUT2D eigenvalue weighted by Gasteiger charge is -2.24. The van der Waals surface area contributed by atoms with Crippen LogP contribution in [0.4, 0.5) is 0 Å². The fourth-order valence-corrected chi connectivity index (χ4v) is 11.1. The van der Waals surface area contributed by atoms with E-state index in [1.54, 1.807) is 53.5 Å². The Kier molecular flexibility index (Phi) is 33.3. The molecule has 10 aromatic rings. The van der Waals surface area contributed by atoms with E-state index in [2.05, 4.69) is 25.4 Å². The first-order valence-corrected chi connectivity index (χ1v) is 35.2. The number of ether oxygens (including phenoxy) is 14. The molecule has 3 aromatic heterocycles. The Balaban J connectivity index is 0.000000234. The Morgan fingerprint density at radius 2 is 0.639 bits per heavy atom. The lowest BCUT2D eigenvalue weighted by Crippen LogP contribution is -2.76. The smallest absolute Gasteiger partial charge is 0.384 e. The second-order valence-electron chi connectivity index (χ2n) is 26.2. The van der Waals surface area contributed by atoms with Gasteiger partial charge in [-0.3, -0.25) is 14.9 Å². The van der Waals surface area contributed by atoms with Gasteiger partial charge in [0.15, 0.2) is 11.6 Å². The van der Waals surface area contributed by atoms with Crippen molar-refractivity contribution in [2.24, 2.45) is 5.73 Å². The van der Waals surface area contributed by atoms with Crippen LogP contribution < -0.4 is 49.7 Å². The molecule has 10 rings (SSSR count). The van der Waals surface area contributed by atoms with E-state index in [9.17, 15) is 83.3 Å². The number of benzene rings is 7. The maximum absolute atomic E-state index is 12.2. The number of H-pyrrole nitrogens is 3. The van der Waals surface area contributed by atoms with Crippen LogP contribution in [0.15, 0.2) is 170 Å². The number of carboxylic acids is 4. The van der Waals surface area contributed by atoms with Gasteiger partial charge in [-0.2, -0.15) is 0 Å². The van der Waals surface area contributed by atoms with E-state index in [1.807, 2.05) is 54.9 Å². The highest BCUT2D eigenvalue weighted by atomic mass is 16.6. The highest BCUT2D eigenvalue weighted by molar-refractivity contribution is 5.98. The average Bonchev–Trinajstić information content (AvgIpc) is 1.69. The van der Waals surface area contributed by atoms with Crippen LogP contribution in [0, 0.1) is 10.1 Å². The van der Waals surface area contributed by atoms with Crippen LogP contribution in [-0.2, 0) is 86.0 Å². The third kappa shape index (κ3) is 24.9. The summed E-state index contributed by atoms with van der Waals surface area (Å²) in [5.74, 6) is -9.67. The van der Waals surface area contributed by atoms with E-state index < -0.39 is 106 Å². The lowest BCUT2D eigenvalue weighted by atomic mass is 9.93. The number of carbonyl (C=O) groups excluding carboxylic acids is 8. The Bertz CT molecular complexity index is 4810. The summed E-state index contributed by atoms with van der Waals surface area (Å²) in [6, 6.07) is 38.7. The monoisotopic (exact) mass is 1650 g/mol. The van der Waals surface area contributed by atoms with Crippen molar-refractivity contribution in [2.75, 3.05) is 71.1 Å². The molecule has 632 valence electrons. The van der Waals surface area contributed by atoms with Crippen molar-refractivity contribution >= 4 is 98.4 Å². The largest absolute Gasteiger partial charge is 0.546 e. The summed E-state index contributed by atoms with van der Waals surface area (Å²) in [5, 5.41) is 53.6. The summed E-state index contributed by atoms with van der Waals surface area (Å²) in [5.41, 5.74) is 11.5. The number of hydrogen-bond donors (Lipinski definition) is 8. The summed E-state index contributed by atoms with van der Waals surface area (Å²) >= 11 is 0. The molecule has 0 amide bonds. The number of nitro groups is 1. The van der Waals surface area contributed by atoms with E-state index >= 15 is 0 Å². The van der Waals surface area contributed by atoms with Crippen LogP contribution in [0.2, 0.25) is 0 Å². The Morgan fingerprint density at radius 1 is 0.387 bits per heavy atom. The van der Waals surface area contributed by atoms with Gasteiger partial charge in [0.25, 0.3) is 0 Å². The first-order valence-electron chi connectivity index (χ1n) is 35.2. The molecule has 7 aromatic carbocycles. The molecule has 37 heteroatoms. The highest BCUT2D eigenvalue weighted by Crippen LogP contribution is 2.31. The van der Waals surface area contributed by atoms with Gasteiger partial charge in [0, 0.05) is 82.9 Å². The van der Waals surface area contributed by atoms with Crippen LogP contribution in [0.5, 0.6) is 40.2 Å². The number of aliphatic carboxylic acids is 4. The molecule has 7 atom stereocenters. The molecule has 0 spiro atoms. The summed E-state index contributed by atoms with van der Waals surface area (Å²) < 4.78 is 68.6. The highest BCUT2D eigenvalue weighted by Gasteiger charge is 2.48. The van der Waals surface area contributed by atoms with Gasteiger partial charge in [-0.05, 0) is 175 Å². The molecular formula is C82H88N6O31. The SMILES string of the molecule is COC(=O)C(C)(Cc1c[nH]c2ccc(OC)cc12)[N+](=O)[O-].COC(=O)C(C)(N)Cc1c[nH]c2ccc(OC)cc12.COC(=O)[C@@](C)([NH3+])Cc1c[nH]c2ccc(OC)cc12.COc1ccc(C(=O)O[C@H](C(=O)O)[C@H](OC(=O)c2ccc(OC)cc2)C(=O)O)cc1.COc1ccc(C(=O)O[C@H](C(=O)[O-])[C@H](OC(=O)c2ccc(OC)cc2)C(=O)O)cc1. The van der Waals surface area contributed by atoms with Gasteiger partial charge < -0.3 is 118 Å². The number of esters is 7. The molecule has 37 nitrogen and oxygen atoms in total. The zero-order chi connectivity index (χ0) is 88.2. The molecule has 3 heterocycles. The van der Waals surface area contributed by atoms with Crippen LogP contribution in [0.25, 0.3) is 32.7 Å². The number of carboxylic acid groups (broad SMARTS) is 4. The number of carbonyl (C=O) groups is 11. The molecule has 0 saturated heterocycles. The van der Waals surface area contributed by atoms with E-state index in [-0.39, 0.29) is 34.6 Å². The van der Waals surface area contributed by atoms with Gasteiger partial charge in [0.1, 0.15) is 45.8 Å². The van der Waals surface area contributed by atoms with Crippen molar-refractivity contribution in [1.29, 1.82) is 0 Å². The van der Waals surface area contributed by atoms with E-state index in [4.69, 9.17) is 67.3 Å². The molecule has 11 N–H and O–H groups in total. The molecule has 2 unspecified atom stereocenters. The lowest BCUT2D eigenvalue weighted by molar-refractivity contribution is -0.550. The molecular weight excluding hydrogens is 1560 g/mol. The summed E-state index contributed by atoms with van der Waals surface area (Å²) in [4.78, 5) is 150. The summed E-state index contributed by atoms with van der Waals surface area (Å²) in [6.07, 6.45) is -3.03. The molecule has 0 aliphatic rings. The number of aromatic nitrogens is 3. The van der Waals surface area contributed by atoms with Crippen LogP contribution in [0.3, 0.4) is 0 Å². The quantitative estimate of drug-likeness (QED) is 0.0102. The maximum Gasteiger partial charge on any atom is 0.384 e. The van der Waals surface area contributed by atoms with Crippen molar-refractivity contribution in [3.8, 4) is 40.2 Å². The zero-order valence-corrected chi connectivity index (χ0v) is 66.6. The molecule has 0 saturated carbocycles. The molecule has 0 fully saturated rings. The number of fused-ring (bicyclic) bond motifs is 3. The van der Waals surface area contributed by atoms with E-state index in [0.29, 0.717) is 47.2 Å².